The Bertz CT molecular complexity index is 738. The van der Waals surface area contributed by atoms with Crippen molar-refractivity contribution in [3.63, 3.8) is 0 Å². The molecule has 1 N–H and O–H groups in total. The van der Waals surface area contributed by atoms with Crippen molar-refractivity contribution in [3.05, 3.63) is 52.0 Å². The molecule has 7 heteroatoms. The summed E-state index contributed by atoms with van der Waals surface area (Å²) < 4.78 is 10.5. The van der Waals surface area contributed by atoms with E-state index in [0.717, 1.165) is 5.56 Å². The fourth-order valence-electron chi connectivity index (χ4n) is 2.10. The molecule has 0 aliphatic rings. The van der Waals surface area contributed by atoms with Gasteiger partial charge in [0.15, 0.2) is 0 Å². The van der Waals surface area contributed by atoms with Gasteiger partial charge in [0.1, 0.15) is 11.5 Å². The normalized spacial score (nSPS) is 10.2. The molecule has 0 saturated carbocycles. The predicted molar refractivity (Wildman–Crippen MR) is 96.5 cm³/mol. The van der Waals surface area contributed by atoms with Crippen LogP contribution in [-0.4, -0.2) is 32.2 Å². The van der Waals surface area contributed by atoms with Crippen molar-refractivity contribution in [2.24, 2.45) is 0 Å². The van der Waals surface area contributed by atoms with Crippen molar-refractivity contribution >= 4 is 34.9 Å². The summed E-state index contributed by atoms with van der Waals surface area (Å²) in [4.78, 5) is 13.8. The lowest BCUT2D eigenvalue weighted by Gasteiger charge is -2.20. The summed E-state index contributed by atoms with van der Waals surface area (Å²) >= 11 is 11.8. The number of methoxy groups -OCH3 is 2. The Morgan fingerprint density at radius 3 is 2.46 bits per heavy atom. The summed E-state index contributed by atoms with van der Waals surface area (Å²) in [5.41, 5.74) is 1.44. The fourth-order valence-corrected chi connectivity index (χ4v) is 2.40. The second-order valence-electron chi connectivity index (χ2n) is 5.09. The van der Waals surface area contributed by atoms with Gasteiger partial charge >= 0.3 is 6.03 Å². The van der Waals surface area contributed by atoms with Crippen molar-refractivity contribution in [3.8, 4) is 11.5 Å². The highest BCUT2D eigenvalue weighted by Gasteiger charge is 2.13. The van der Waals surface area contributed by atoms with E-state index in [4.69, 9.17) is 32.7 Å². The lowest BCUT2D eigenvalue weighted by molar-refractivity contribution is 0.220. The van der Waals surface area contributed by atoms with Gasteiger partial charge in [-0.05, 0) is 30.3 Å². The standard InChI is InChI=1S/C17H18Cl2N2O3/c1-21(10-11-4-6-13(23-2)9-16(11)24-3)17(22)20-12-5-7-14(18)15(19)8-12/h4-9H,10H2,1-3H3,(H,20,22). The molecule has 0 fully saturated rings. The molecular weight excluding hydrogens is 351 g/mol. The number of ether oxygens (including phenoxy) is 2. The topological polar surface area (TPSA) is 50.8 Å². The maximum atomic E-state index is 12.3. The third kappa shape index (κ3) is 4.46. The van der Waals surface area contributed by atoms with E-state index in [1.807, 2.05) is 12.1 Å². The second kappa shape index (κ2) is 8.13. The second-order valence-corrected chi connectivity index (χ2v) is 5.91. The predicted octanol–water partition coefficient (Wildman–Crippen LogP) is 4.67. The number of carbonyl (C=O) groups excluding carboxylic acids is 1. The maximum absolute atomic E-state index is 12.3. The van der Waals surface area contributed by atoms with Crippen LogP contribution in [-0.2, 0) is 6.54 Å². The molecular formula is C17H18Cl2N2O3. The van der Waals surface area contributed by atoms with E-state index in [1.165, 1.54) is 4.90 Å². The van der Waals surface area contributed by atoms with Gasteiger partial charge < -0.3 is 19.7 Å². The minimum Gasteiger partial charge on any atom is -0.497 e. The molecule has 0 unspecified atom stereocenters. The monoisotopic (exact) mass is 368 g/mol. The zero-order chi connectivity index (χ0) is 17.7. The number of nitrogens with one attached hydrogen (secondary N) is 1. The van der Waals surface area contributed by atoms with E-state index >= 15 is 0 Å². The van der Waals surface area contributed by atoms with Crippen LogP contribution >= 0.6 is 23.2 Å². The Labute approximate surface area is 151 Å². The molecule has 0 atom stereocenters. The van der Waals surface area contributed by atoms with Crippen LogP contribution in [0.3, 0.4) is 0 Å². The van der Waals surface area contributed by atoms with Crippen LogP contribution in [0.15, 0.2) is 36.4 Å². The molecule has 0 aliphatic heterocycles. The smallest absolute Gasteiger partial charge is 0.321 e. The molecule has 2 amide bonds. The number of amides is 2. The third-order valence-corrected chi connectivity index (χ3v) is 4.16. The van der Waals surface area contributed by atoms with Crippen molar-refractivity contribution in [1.82, 2.24) is 4.90 Å². The van der Waals surface area contributed by atoms with Crippen LogP contribution in [0.2, 0.25) is 10.0 Å². The summed E-state index contributed by atoms with van der Waals surface area (Å²) in [6.45, 7) is 0.375. The molecule has 0 aromatic heterocycles. The highest BCUT2D eigenvalue weighted by atomic mass is 35.5. The Morgan fingerprint density at radius 2 is 1.83 bits per heavy atom. The first-order chi connectivity index (χ1) is 11.4. The zero-order valence-corrected chi connectivity index (χ0v) is 15.1. The number of hydrogen-bond donors (Lipinski definition) is 1. The lowest BCUT2D eigenvalue weighted by atomic mass is 10.2. The van der Waals surface area contributed by atoms with E-state index in [9.17, 15) is 4.79 Å². The van der Waals surface area contributed by atoms with Gasteiger partial charge in [-0.2, -0.15) is 0 Å². The van der Waals surface area contributed by atoms with Gasteiger partial charge in [0, 0.05) is 24.4 Å². The average molecular weight is 369 g/mol. The maximum Gasteiger partial charge on any atom is 0.321 e. The quantitative estimate of drug-likeness (QED) is 0.833. The van der Waals surface area contributed by atoms with E-state index in [-0.39, 0.29) is 6.03 Å². The summed E-state index contributed by atoms with van der Waals surface area (Å²) in [5, 5.41) is 3.59. The van der Waals surface area contributed by atoms with E-state index in [2.05, 4.69) is 5.32 Å². The van der Waals surface area contributed by atoms with Gasteiger partial charge in [0.05, 0.1) is 30.8 Å². The molecule has 5 nitrogen and oxygen atoms in total. The molecule has 0 bridgehead atoms. The average Bonchev–Trinajstić information content (AvgIpc) is 2.58. The SMILES string of the molecule is COc1ccc(CN(C)C(=O)Nc2ccc(Cl)c(Cl)c2)c(OC)c1. The van der Waals surface area contributed by atoms with Gasteiger partial charge in [-0.15, -0.1) is 0 Å². The number of hydrogen-bond acceptors (Lipinski definition) is 3. The van der Waals surface area contributed by atoms with Gasteiger partial charge in [-0.3, -0.25) is 0 Å². The molecule has 128 valence electrons. The molecule has 0 aliphatic carbocycles. The molecule has 0 spiro atoms. The van der Waals surface area contributed by atoms with Crippen LogP contribution in [0.5, 0.6) is 11.5 Å². The van der Waals surface area contributed by atoms with Crippen LogP contribution in [0, 0.1) is 0 Å². The summed E-state index contributed by atoms with van der Waals surface area (Å²) in [7, 11) is 4.86. The molecule has 0 saturated heterocycles. The van der Waals surface area contributed by atoms with Crippen molar-refractivity contribution < 1.29 is 14.3 Å². The number of benzene rings is 2. The third-order valence-electron chi connectivity index (χ3n) is 3.42. The van der Waals surface area contributed by atoms with Gasteiger partial charge in [-0.25, -0.2) is 4.79 Å². The first kappa shape index (κ1) is 18.2. The lowest BCUT2D eigenvalue weighted by Crippen LogP contribution is -2.31. The van der Waals surface area contributed by atoms with Crippen LogP contribution in [0.25, 0.3) is 0 Å². The molecule has 0 heterocycles. The molecule has 24 heavy (non-hydrogen) atoms. The van der Waals surface area contributed by atoms with Crippen LogP contribution in [0.1, 0.15) is 5.56 Å². The van der Waals surface area contributed by atoms with Crippen molar-refractivity contribution in [2.75, 3.05) is 26.6 Å². The fraction of sp³-hybridized carbons (Fsp3) is 0.235. The summed E-state index contributed by atoms with van der Waals surface area (Å²) in [6, 6.07) is 10.1. The number of anilines is 1. The van der Waals surface area contributed by atoms with E-state index < -0.39 is 0 Å². The van der Waals surface area contributed by atoms with Crippen LogP contribution < -0.4 is 14.8 Å². The minimum absolute atomic E-state index is 0.272. The minimum atomic E-state index is -0.272. The molecule has 2 aromatic carbocycles. The van der Waals surface area contributed by atoms with Gasteiger partial charge in [-0.1, -0.05) is 23.2 Å². The number of rotatable bonds is 5. The number of nitrogens with zero attached hydrogens (tertiary/aromatic N) is 1. The van der Waals surface area contributed by atoms with Crippen LogP contribution in [0.4, 0.5) is 10.5 Å². The highest BCUT2D eigenvalue weighted by Crippen LogP contribution is 2.27. The largest absolute Gasteiger partial charge is 0.497 e. The Morgan fingerprint density at radius 1 is 1.08 bits per heavy atom. The first-order valence-corrected chi connectivity index (χ1v) is 7.88. The van der Waals surface area contributed by atoms with Gasteiger partial charge in [0.25, 0.3) is 0 Å². The Kier molecular flexibility index (Phi) is 6.17. The van der Waals surface area contributed by atoms with Crippen molar-refractivity contribution in [1.29, 1.82) is 0 Å². The summed E-state index contributed by atoms with van der Waals surface area (Å²) in [6.07, 6.45) is 0. The summed E-state index contributed by atoms with van der Waals surface area (Å²) in [5.74, 6) is 1.35. The molecule has 2 rings (SSSR count). The highest BCUT2D eigenvalue weighted by molar-refractivity contribution is 6.42. The number of halogens is 2. The van der Waals surface area contributed by atoms with E-state index in [0.29, 0.717) is 33.8 Å². The number of urea groups is 1. The Hall–Kier alpha value is -2.11. The van der Waals surface area contributed by atoms with E-state index in [1.54, 1.807) is 45.5 Å². The first-order valence-electron chi connectivity index (χ1n) is 7.12. The number of carbonyl (C=O) groups is 1. The molecule has 0 radical (unpaired) electrons. The van der Waals surface area contributed by atoms with Gasteiger partial charge in [0.2, 0.25) is 0 Å². The zero-order valence-electron chi connectivity index (χ0n) is 13.6. The van der Waals surface area contributed by atoms with Crippen molar-refractivity contribution in [2.45, 2.75) is 6.54 Å². The Balaban J connectivity index is 2.07. The molecule has 2 aromatic rings.